The van der Waals surface area contributed by atoms with Gasteiger partial charge in [-0.2, -0.15) is 0 Å². The predicted molar refractivity (Wildman–Crippen MR) is 98.6 cm³/mol. The summed E-state index contributed by atoms with van der Waals surface area (Å²) in [6, 6.07) is 16.9. The van der Waals surface area contributed by atoms with E-state index >= 15 is 0 Å². The number of esters is 1. The van der Waals surface area contributed by atoms with Crippen molar-refractivity contribution in [1.29, 1.82) is 0 Å². The lowest BCUT2D eigenvalue weighted by molar-refractivity contribution is -0.139. The summed E-state index contributed by atoms with van der Waals surface area (Å²) in [6.45, 7) is 2.30. The van der Waals surface area contributed by atoms with Crippen molar-refractivity contribution in [2.24, 2.45) is 0 Å². The first-order valence-corrected chi connectivity index (χ1v) is 8.40. The molecule has 2 rings (SSSR count). The van der Waals surface area contributed by atoms with Gasteiger partial charge in [-0.25, -0.2) is 4.79 Å². The van der Waals surface area contributed by atoms with Crippen LogP contribution in [0.3, 0.4) is 0 Å². The first-order chi connectivity index (χ1) is 12.6. The molecule has 0 fully saturated rings. The summed E-state index contributed by atoms with van der Waals surface area (Å²) in [5.41, 5.74) is 1.88. The van der Waals surface area contributed by atoms with E-state index in [9.17, 15) is 9.90 Å². The Bertz CT molecular complexity index is 694. The summed E-state index contributed by atoms with van der Waals surface area (Å²) in [7, 11) is 1.61. The van der Waals surface area contributed by atoms with Crippen molar-refractivity contribution in [2.75, 3.05) is 7.11 Å². The maximum atomic E-state index is 11.7. The zero-order valence-electron chi connectivity index (χ0n) is 15.0. The van der Waals surface area contributed by atoms with Gasteiger partial charge in [0.25, 0.3) is 0 Å². The van der Waals surface area contributed by atoms with Gasteiger partial charge in [0.05, 0.1) is 25.9 Å². The fourth-order valence-corrected chi connectivity index (χ4v) is 2.16. The Morgan fingerprint density at radius 2 is 1.69 bits per heavy atom. The van der Waals surface area contributed by atoms with Crippen molar-refractivity contribution >= 4 is 5.97 Å². The Labute approximate surface area is 153 Å². The van der Waals surface area contributed by atoms with Crippen LogP contribution in [0.5, 0.6) is 5.75 Å². The minimum atomic E-state index is -0.905. The third-order valence-corrected chi connectivity index (χ3v) is 3.81. The number of carbonyl (C=O) groups excluding carboxylic acids is 1. The number of methoxy groups -OCH3 is 1. The Morgan fingerprint density at radius 3 is 2.35 bits per heavy atom. The molecule has 26 heavy (non-hydrogen) atoms. The van der Waals surface area contributed by atoms with Crippen LogP contribution in [-0.4, -0.2) is 30.4 Å². The van der Waals surface area contributed by atoms with Crippen LogP contribution in [0.2, 0.25) is 0 Å². The summed E-state index contributed by atoms with van der Waals surface area (Å²) in [5, 5.41) is 10.1. The van der Waals surface area contributed by atoms with Crippen LogP contribution in [-0.2, 0) is 27.5 Å². The van der Waals surface area contributed by atoms with E-state index in [4.69, 9.17) is 14.2 Å². The van der Waals surface area contributed by atoms with Crippen molar-refractivity contribution in [2.45, 2.75) is 32.3 Å². The van der Waals surface area contributed by atoms with Crippen LogP contribution in [0, 0.1) is 0 Å². The minimum absolute atomic E-state index is 0.198. The molecule has 2 aromatic rings. The van der Waals surface area contributed by atoms with E-state index in [2.05, 4.69) is 0 Å². The van der Waals surface area contributed by atoms with Gasteiger partial charge in [-0.1, -0.05) is 42.5 Å². The lowest BCUT2D eigenvalue weighted by Crippen LogP contribution is -2.24. The molecular weight excluding hydrogens is 332 g/mol. The Balaban J connectivity index is 1.73. The summed E-state index contributed by atoms with van der Waals surface area (Å²) >= 11 is 0. The molecule has 0 aliphatic heterocycles. The Kier molecular flexibility index (Phi) is 7.86. The molecule has 0 amide bonds. The molecule has 0 unspecified atom stereocenters. The van der Waals surface area contributed by atoms with E-state index in [1.807, 2.05) is 54.6 Å². The standard InChI is InChI=1S/C21H24O5/c1-16(25-14-18-8-10-19(24-2)11-9-18)20(22)12-13-21(23)26-15-17-6-4-3-5-7-17/h3-13,16,20,22H,14-15H2,1-2H3/b13-12+/t16-,20+/m0/s1. The first-order valence-electron chi connectivity index (χ1n) is 8.40. The Hall–Kier alpha value is -2.63. The average molecular weight is 356 g/mol. The number of aliphatic hydroxyl groups excluding tert-OH is 1. The molecule has 0 spiro atoms. The highest BCUT2D eigenvalue weighted by molar-refractivity contribution is 5.81. The van der Waals surface area contributed by atoms with E-state index < -0.39 is 18.2 Å². The largest absolute Gasteiger partial charge is 0.497 e. The minimum Gasteiger partial charge on any atom is -0.497 e. The third kappa shape index (κ3) is 6.70. The molecule has 2 aromatic carbocycles. The van der Waals surface area contributed by atoms with Crippen LogP contribution in [0.15, 0.2) is 66.7 Å². The van der Waals surface area contributed by atoms with Gasteiger partial charge in [0.1, 0.15) is 12.4 Å². The molecule has 0 saturated heterocycles. The smallest absolute Gasteiger partial charge is 0.330 e. The molecule has 5 nitrogen and oxygen atoms in total. The van der Waals surface area contributed by atoms with Crippen molar-refractivity contribution in [3.8, 4) is 5.75 Å². The number of hydrogen-bond donors (Lipinski definition) is 1. The maximum absolute atomic E-state index is 11.7. The summed E-state index contributed by atoms with van der Waals surface area (Å²) in [5.74, 6) is 0.272. The topological polar surface area (TPSA) is 65.0 Å². The average Bonchev–Trinajstić information content (AvgIpc) is 2.69. The fourth-order valence-electron chi connectivity index (χ4n) is 2.16. The van der Waals surface area contributed by atoms with Gasteiger partial charge in [0.15, 0.2) is 0 Å². The first kappa shape index (κ1) is 19.7. The SMILES string of the molecule is COc1ccc(CO[C@@H](C)[C@H](O)/C=C/C(=O)OCc2ccccc2)cc1. The van der Waals surface area contributed by atoms with Gasteiger partial charge in [-0.3, -0.25) is 0 Å². The van der Waals surface area contributed by atoms with E-state index in [-0.39, 0.29) is 6.61 Å². The van der Waals surface area contributed by atoms with Crippen LogP contribution < -0.4 is 4.74 Å². The van der Waals surface area contributed by atoms with Gasteiger partial charge in [0.2, 0.25) is 0 Å². The zero-order chi connectivity index (χ0) is 18.8. The second-order valence-electron chi connectivity index (χ2n) is 5.81. The van der Waals surface area contributed by atoms with E-state index in [0.29, 0.717) is 6.61 Å². The van der Waals surface area contributed by atoms with Crippen LogP contribution in [0.4, 0.5) is 0 Å². The van der Waals surface area contributed by atoms with Gasteiger partial charge in [0, 0.05) is 6.08 Å². The molecule has 0 saturated carbocycles. The highest BCUT2D eigenvalue weighted by Gasteiger charge is 2.12. The van der Waals surface area contributed by atoms with Crippen molar-refractivity contribution in [3.05, 3.63) is 77.9 Å². The molecule has 0 aliphatic carbocycles. The van der Waals surface area contributed by atoms with E-state index in [1.165, 1.54) is 12.2 Å². The van der Waals surface area contributed by atoms with Crippen LogP contribution in [0.25, 0.3) is 0 Å². The summed E-state index contributed by atoms with van der Waals surface area (Å²) < 4.78 is 15.9. The molecule has 0 bridgehead atoms. The van der Waals surface area contributed by atoms with Gasteiger partial charge in [-0.05, 0) is 36.3 Å². The quantitative estimate of drug-likeness (QED) is 0.552. The summed E-state index contributed by atoms with van der Waals surface area (Å²) in [6.07, 6.45) is 1.24. The lowest BCUT2D eigenvalue weighted by Gasteiger charge is -2.16. The second-order valence-corrected chi connectivity index (χ2v) is 5.81. The van der Waals surface area contributed by atoms with E-state index in [0.717, 1.165) is 16.9 Å². The summed E-state index contributed by atoms with van der Waals surface area (Å²) in [4.78, 5) is 11.7. The molecule has 1 N–H and O–H groups in total. The Morgan fingerprint density at radius 1 is 1.04 bits per heavy atom. The number of benzene rings is 2. The number of aliphatic hydroxyl groups is 1. The molecule has 5 heteroatoms. The van der Waals surface area contributed by atoms with Gasteiger partial charge < -0.3 is 19.3 Å². The van der Waals surface area contributed by atoms with Gasteiger partial charge in [-0.15, -0.1) is 0 Å². The van der Waals surface area contributed by atoms with Crippen molar-refractivity contribution < 1.29 is 24.1 Å². The van der Waals surface area contributed by atoms with Crippen molar-refractivity contribution in [3.63, 3.8) is 0 Å². The number of hydrogen-bond acceptors (Lipinski definition) is 5. The van der Waals surface area contributed by atoms with Gasteiger partial charge >= 0.3 is 5.97 Å². The highest BCUT2D eigenvalue weighted by Crippen LogP contribution is 2.13. The molecule has 0 aliphatic rings. The second kappa shape index (κ2) is 10.4. The number of rotatable bonds is 9. The highest BCUT2D eigenvalue weighted by atomic mass is 16.5. The fraction of sp³-hybridized carbons (Fsp3) is 0.286. The van der Waals surface area contributed by atoms with E-state index in [1.54, 1.807) is 14.0 Å². The lowest BCUT2D eigenvalue weighted by atomic mass is 10.2. The third-order valence-electron chi connectivity index (χ3n) is 3.81. The monoisotopic (exact) mass is 356 g/mol. The number of ether oxygens (including phenoxy) is 3. The maximum Gasteiger partial charge on any atom is 0.330 e. The molecule has 138 valence electrons. The zero-order valence-corrected chi connectivity index (χ0v) is 15.0. The molecular formula is C21H24O5. The molecule has 0 aromatic heterocycles. The molecule has 0 heterocycles. The molecule has 2 atom stereocenters. The molecule has 0 radical (unpaired) electrons. The van der Waals surface area contributed by atoms with Crippen LogP contribution in [0.1, 0.15) is 18.1 Å². The number of carbonyl (C=O) groups is 1. The van der Waals surface area contributed by atoms with Crippen LogP contribution >= 0.6 is 0 Å². The normalized spacial score (nSPS) is 13.3. The van der Waals surface area contributed by atoms with Crippen molar-refractivity contribution in [1.82, 2.24) is 0 Å². The predicted octanol–water partition coefficient (Wildman–Crippen LogP) is 3.26.